The Morgan fingerprint density at radius 3 is 2.47 bits per heavy atom. The van der Waals surface area contributed by atoms with Crippen LogP contribution in [-0.2, 0) is 6.18 Å². The van der Waals surface area contributed by atoms with E-state index < -0.39 is 11.7 Å². The zero-order valence-corrected chi connectivity index (χ0v) is 10.6. The first-order valence-corrected chi connectivity index (χ1v) is 5.86. The SMILES string of the molecule is COc1cc(C(=O)CCBr)cc(C(F)(F)F)c1. The van der Waals surface area contributed by atoms with Crippen LogP contribution in [0.5, 0.6) is 5.75 Å². The molecule has 0 spiro atoms. The average molecular weight is 311 g/mol. The number of methoxy groups -OCH3 is 1. The Hall–Kier alpha value is -1.04. The Morgan fingerprint density at radius 1 is 1.35 bits per heavy atom. The van der Waals surface area contributed by atoms with E-state index in [1.807, 2.05) is 0 Å². The molecular weight excluding hydrogens is 301 g/mol. The van der Waals surface area contributed by atoms with Gasteiger partial charge in [0.1, 0.15) is 5.75 Å². The molecule has 0 heterocycles. The zero-order valence-electron chi connectivity index (χ0n) is 8.97. The molecule has 0 aliphatic rings. The van der Waals surface area contributed by atoms with Gasteiger partial charge in [0, 0.05) is 17.3 Å². The third-order valence-corrected chi connectivity index (χ3v) is 2.51. The van der Waals surface area contributed by atoms with E-state index in [-0.39, 0.29) is 23.5 Å². The molecule has 6 heteroatoms. The van der Waals surface area contributed by atoms with Gasteiger partial charge in [-0.15, -0.1) is 0 Å². The topological polar surface area (TPSA) is 26.3 Å². The molecule has 0 amide bonds. The number of alkyl halides is 4. The molecule has 0 fully saturated rings. The fourth-order valence-electron chi connectivity index (χ4n) is 1.27. The summed E-state index contributed by atoms with van der Waals surface area (Å²) >= 11 is 3.07. The van der Waals surface area contributed by atoms with E-state index in [0.29, 0.717) is 5.33 Å². The zero-order chi connectivity index (χ0) is 13.1. The van der Waals surface area contributed by atoms with Gasteiger partial charge < -0.3 is 4.74 Å². The van der Waals surface area contributed by atoms with Crippen molar-refractivity contribution < 1.29 is 22.7 Å². The number of ether oxygens (including phenoxy) is 1. The van der Waals surface area contributed by atoms with E-state index in [1.54, 1.807) is 0 Å². The molecule has 0 aliphatic carbocycles. The molecule has 0 aromatic heterocycles. The quantitative estimate of drug-likeness (QED) is 0.626. The van der Waals surface area contributed by atoms with E-state index in [0.717, 1.165) is 12.1 Å². The number of carbonyl (C=O) groups is 1. The van der Waals surface area contributed by atoms with E-state index >= 15 is 0 Å². The summed E-state index contributed by atoms with van der Waals surface area (Å²) in [4.78, 5) is 11.5. The first kappa shape index (κ1) is 14.0. The van der Waals surface area contributed by atoms with E-state index in [9.17, 15) is 18.0 Å². The smallest absolute Gasteiger partial charge is 0.416 e. The molecule has 2 nitrogen and oxygen atoms in total. The maximum absolute atomic E-state index is 12.6. The van der Waals surface area contributed by atoms with Crippen molar-refractivity contribution in [1.29, 1.82) is 0 Å². The summed E-state index contributed by atoms with van der Waals surface area (Å²) in [6, 6.07) is 3.01. The van der Waals surface area contributed by atoms with Gasteiger partial charge in [-0.05, 0) is 18.2 Å². The molecule has 0 atom stereocenters. The number of ketones is 1. The highest BCUT2D eigenvalue weighted by Gasteiger charge is 2.31. The van der Waals surface area contributed by atoms with Crippen LogP contribution in [0.3, 0.4) is 0 Å². The summed E-state index contributed by atoms with van der Waals surface area (Å²) in [5, 5.41) is 0.407. The highest BCUT2D eigenvalue weighted by molar-refractivity contribution is 9.09. The Labute approximate surface area is 105 Å². The van der Waals surface area contributed by atoms with Crippen molar-refractivity contribution in [3.05, 3.63) is 29.3 Å². The van der Waals surface area contributed by atoms with Crippen LogP contribution in [0, 0.1) is 0 Å². The first-order valence-electron chi connectivity index (χ1n) is 4.74. The fourth-order valence-corrected chi connectivity index (χ4v) is 1.63. The van der Waals surface area contributed by atoms with Gasteiger partial charge in [0.25, 0.3) is 0 Å². The molecule has 1 aromatic rings. The summed E-state index contributed by atoms with van der Waals surface area (Å²) in [5.74, 6) is -0.330. The normalized spacial score (nSPS) is 11.4. The Kier molecular flexibility index (Phi) is 4.56. The molecule has 0 bridgehead atoms. The molecule has 0 saturated heterocycles. The number of hydrogen-bond donors (Lipinski definition) is 0. The van der Waals surface area contributed by atoms with Crippen molar-refractivity contribution in [3.8, 4) is 5.75 Å². The summed E-state index contributed by atoms with van der Waals surface area (Å²) in [5.41, 5.74) is -0.870. The molecule has 0 N–H and O–H groups in total. The first-order chi connectivity index (χ1) is 7.88. The lowest BCUT2D eigenvalue weighted by Gasteiger charge is -2.10. The molecule has 0 aliphatic heterocycles. The molecule has 17 heavy (non-hydrogen) atoms. The summed E-state index contributed by atoms with van der Waals surface area (Å²) < 4.78 is 42.4. The fraction of sp³-hybridized carbons (Fsp3) is 0.364. The predicted octanol–water partition coefficient (Wildman–Crippen LogP) is 3.68. The van der Waals surface area contributed by atoms with E-state index in [4.69, 9.17) is 4.74 Å². The van der Waals surface area contributed by atoms with Gasteiger partial charge in [0.15, 0.2) is 5.78 Å². The molecule has 0 unspecified atom stereocenters. The maximum Gasteiger partial charge on any atom is 0.416 e. The second kappa shape index (κ2) is 5.53. The molecule has 94 valence electrons. The lowest BCUT2D eigenvalue weighted by atomic mass is 10.0. The third kappa shape index (κ3) is 3.73. The second-order valence-corrected chi connectivity index (χ2v) is 4.10. The lowest BCUT2D eigenvalue weighted by molar-refractivity contribution is -0.137. The number of hydrogen-bond acceptors (Lipinski definition) is 2. The minimum atomic E-state index is -4.49. The lowest BCUT2D eigenvalue weighted by Crippen LogP contribution is -2.08. The van der Waals surface area contributed by atoms with Crippen molar-refractivity contribution >= 4 is 21.7 Å². The van der Waals surface area contributed by atoms with Crippen molar-refractivity contribution in [2.45, 2.75) is 12.6 Å². The van der Waals surface area contributed by atoms with Crippen LogP contribution in [0.2, 0.25) is 0 Å². The van der Waals surface area contributed by atoms with Gasteiger partial charge in [-0.25, -0.2) is 0 Å². The Morgan fingerprint density at radius 2 is 2.00 bits per heavy atom. The summed E-state index contributed by atoms with van der Waals surface area (Å²) in [6.45, 7) is 0. The highest BCUT2D eigenvalue weighted by Crippen LogP contribution is 2.32. The van der Waals surface area contributed by atoms with Crippen LogP contribution in [0.4, 0.5) is 13.2 Å². The summed E-state index contributed by atoms with van der Waals surface area (Å²) in [7, 11) is 1.26. The average Bonchev–Trinajstić information content (AvgIpc) is 2.27. The molecule has 1 aromatic carbocycles. The molecule has 0 radical (unpaired) electrons. The van der Waals surface area contributed by atoms with Gasteiger partial charge >= 0.3 is 6.18 Å². The Bertz CT molecular complexity index is 416. The van der Waals surface area contributed by atoms with Gasteiger partial charge in [-0.1, -0.05) is 15.9 Å². The number of carbonyl (C=O) groups excluding carboxylic acids is 1. The van der Waals surface area contributed by atoms with Crippen LogP contribution in [-0.4, -0.2) is 18.2 Å². The maximum atomic E-state index is 12.6. The second-order valence-electron chi connectivity index (χ2n) is 3.31. The molecule has 1 rings (SSSR count). The van der Waals surface area contributed by atoms with Gasteiger partial charge in [0.05, 0.1) is 12.7 Å². The standard InChI is InChI=1S/C11H10BrF3O2/c1-17-9-5-7(10(16)2-3-12)4-8(6-9)11(13,14)15/h4-6H,2-3H2,1H3. The summed E-state index contributed by atoms with van der Waals surface area (Å²) in [6.07, 6.45) is -4.34. The van der Waals surface area contributed by atoms with Crippen molar-refractivity contribution in [1.82, 2.24) is 0 Å². The van der Waals surface area contributed by atoms with Crippen molar-refractivity contribution in [3.63, 3.8) is 0 Å². The molecule has 0 saturated carbocycles. The van der Waals surface area contributed by atoms with Gasteiger partial charge in [-0.2, -0.15) is 13.2 Å². The number of rotatable bonds is 4. The Balaban J connectivity index is 3.19. The number of benzene rings is 1. The third-order valence-electron chi connectivity index (χ3n) is 2.11. The van der Waals surface area contributed by atoms with Crippen LogP contribution in [0.15, 0.2) is 18.2 Å². The van der Waals surface area contributed by atoms with Crippen LogP contribution >= 0.6 is 15.9 Å². The van der Waals surface area contributed by atoms with Gasteiger partial charge in [0.2, 0.25) is 0 Å². The van der Waals surface area contributed by atoms with E-state index in [2.05, 4.69) is 15.9 Å². The van der Waals surface area contributed by atoms with Crippen LogP contribution in [0.25, 0.3) is 0 Å². The van der Waals surface area contributed by atoms with Gasteiger partial charge in [-0.3, -0.25) is 4.79 Å². The van der Waals surface area contributed by atoms with Crippen LogP contribution in [0.1, 0.15) is 22.3 Å². The monoisotopic (exact) mass is 310 g/mol. The van der Waals surface area contributed by atoms with Crippen LogP contribution < -0.4 is 4.74 Å². The van der Waals surface area contributed by atoms with E-state index in [1.165, 1.54) is 13.2 Å². The van der Waals surface area contributed by atoms with Crippen molar-refractivity contribution in [2.24, 2.45) is 0 Å². The largest absolute Gasteiger partial charge is 0.497 e. The van der Waals surface area contributed by atoms with Crippen molar-refractivity contribution in [2.75, 3.05) is 12.4 Å². The minimum absolute atomic E-state index is 0.0103. The number of halogens is 4. The highest BCUT2D eigenvalue weighted by atomic mass is 79.9. The minimum Gasteiger partial charge on any atom is -0.497 e. The predicted molar refractivity (Wildman–Crippen MR) is 60.7 cm³/mol. The molecular formula is C11H10BrF3O2. The number of Topliss-reactive ketones (excluding diaryl/α,β-unsaturated/α-hetero) is 1.